The number of hydrogen-bond donors (Lipinski definition) is 2. The first kappa shape index (κ1) is 18.8. The fourth-order valence-corrected chi connectivity index (χ4v) is 4.35. The largest absolute Gasteiger partial charge is 0.401 e. The van der Waals surface area contributed by atoms with Gasteiger partial charge in [-0.05, 0) is 44.2 Å². The maximum Gasteiger partial charge on any atom is 0.0960 e. The van der Waals surface area contributed by atoms with Crippen LogP contribution >= 0.6 is 0 Å². The summed E-state index contributed by atoms with van der Waals surface area (Å²) in [6, 6.07) is 10.7. The molecule has 0 bridgehead atoms. The summed E-state index contributed by atoms with van der Waals surface area (Å²) in [7, 11) is 1.80. The number of fused-ring (bicyclic) bond motifs is 3. The van der Waals surface area contributed by atoms with Gasteiger partial charge in [-0.25, -0.2) is 5.84 Å². The summed E-state index contributed by atoms with van der Waals surface area (Å²) in [5, 5.41) is 2.75. The van der Waals surface area contributed by atoms with Gasteiger partial charge in [-0.1, -0.05) is 18.2 Å². The number of hydrazine groups is 1. The number of para-hydroxylation sites is 1. The third-order valence-corrected chi connectivity index (χ3v) is 5.62. The van der Waals surface area contributed by atoms with Crippen molar-refractivity contribution < 1.29 is 4.74 Å². The quantitative estimate of drug-likeness (QED) is 0.536. The van der Waals surface area contributed by atoms with E-state index in [2.05, 4.69) is 34.9 Å². The van der Waals surface area contributed by atoms with E-state index < -0.39 is 0 Å². The van der Waals surface area contributed by atoms with Gasteiger partial charge >= 0.3 is 0 Å². The third kappa shape index (κ3) is 3.45. The SMILES string of the molecule is C/C(N)=C(\c1cnc2c3ccccc3n(CC3CCCOCC3)c2c1)N(C)N. The number of aromatic nitrogens is 2. The van der Waals surface area contributed by atoms with Crippen LogP contribution in [0.25, 0.3) is 27.6 Å². The lowest BCUT2D eigenvalue weighted by molar-refractivity contribution is 0.141. The standard InChI is InChI=1S/C22H29N5O/c1-15(23)22(26(2)24)17-12-20-21(25-13-17)18-7-3-4-8-19(18)27(20)14-16-6-5-10-28-11-9-16/h3-4,7-8,12-13,16H,5-6,9-11,14,23-24H2,1-2H3/b22-15-. The van der Waals surface area contributed by atoms with Crippen molar-refractivity contribution in [3.05, 3.63) is 47.8 Å². The summed E-state index contributed by atoms with van der Waals surface area (Å²) in [6.07, 6.45) is 5.29. The number of ether oxygens (including phenoxy) is 1. The summed E-state index contributed by atoms with van der Waals surface area (Å²) in [4.78, 5) is 4.81. The molecule has 2 aromatic heterocycles. The van der Waals surface area contributed by atoms with Crippen LogP contribution in [0.3, 0.4) is 0 Å². The zero-order chi connectivity index (χ0) is 19.7. The van der Waals surface area contributed by atoms with Crippen LogP contribution < -0.4 is 11.6 Å². The van der Waals surface area contributed by atoms with Crippen molar-refractivity contribution in [1.29, 1.82) is 0 Å². The van der Waals surface area contributed by atoms with Gasteiger partial charge in [-0.2, -0.15) is 0 Å². The van der Waals surface area contributed by atoms with Crippen molar-refractivity contribution >= 4 is 27.6 Å². The van der Waals surface area contributed by atoms with Crippen LogP contribution in [0.5, 0.6) is 0 Å². The van der Waals surface area contributed by atoms with E-state index in [4.69, 9.17) is 21.3 Å². The minimum Gasteiger partial charge on any atom is -0.401 e. The monoisotopic (exact) mass is 379 g/mol. The van der Waals surface area contributed by atoms with E-state index in [1.807, 2.05) is 13.1 Å². The summed E-state index contributed by atoms with van der Waals surface area (Å²) in [6.45, 7) is 4.56. The van der Waals surface area contributed by atoms with Crippen molar-refractivity contribution in [2.24, 2.45) is 17.5 Å². The van der Waals surface area contributed by atoms with Crippen LogP contribution in [-0.4, -0.2) is 34.8 Å². The molecule has 1 aliphatic heterocycles. The van der Waals surface area contributed by atoms with E-state index in [-0.39, 0.29) is 0 Å². The highest BCUT2D eigenvalue weighted by atomic mass is 16.5. The number of benzene rings is 1. The molecule has 148 valence electrons. The van der Waals surface area contributed by atoms with E-state index in [9.17, 15) is 0 Å². The molecule has 1 saturated heterocycles. The summed E-state index contributed by atoms with van der Waals surface area (Å²) in [5.74, 6) is 6.65. The van der Waals surface area contributed by atoms with Crippen molar-refractivity contribution in [2.75, 3.05) is 20.3 Å². The molecule has 1 aromatic carbocycles. The van der Waals surface area contributed by atoms with Crippen LogP contribution in [0.15, 0.2) is 42.2 Å². The van der Waals surface area contributed by atoms with Crippen LogP contribution in [0.4, 0.5) is 0 Å². The Balaban J connectivity index is 1.87. The van der Waals surface area contributed by atoms with E-state index >= 15 is 0 Å². The lowest BCUT2D eigenvalue weighted by Gasteiger charge is -2.19. The van der Waals surface area contributed by atoms with Gasteiger partial charge in [0.05, 0.1) is 22.2 Å². The summed E-state index contributed by atoms with van der Waals surface area (Å²) in [5.41, 5.74) is 11.9. The van der Waals surface area contributed by atoms with E-state index in [0.717, 1.165) is 54.9 Å². The molecule has 4 N–H and O–H groups in total. The number of allylic oxidation sites excluding steroid dienone is 1. The molecule has 3 aromatic rings. The first-order chi connectivity index (χ1) is 13.6. The Morgan fingerprint density at radius 1 is 1.25 bits per heavy atom. The highest BCUT2D eigenvalue weighted by molar-refractivity contribution is 6.06. The minimum absolute atomic E-state index is 0.605. The van der Waals surface area contributed by atoms with E-state index in [1.54, 1.807) is 12.1 Å². The first-order valence-corrected chi connectivity index (χ1v) is 9.96. The Labute approximate surface area is 165 Å². The Morgan fingerprint density at radius 3 is 2.86 bits per heavy atom. The molecule has 0 aliphatic carbocycles. The zero-order valence-corrected chi connectivity index (χ0v) is 16.7. The maximum absolute atomic E-state index is 6.10. The Bertz CT molecular complexity index is 1010. The molecule has 4 rings (SSSR count). The average Bonchev–Trinajstić information content (AvgIpc) is 2.81. The van der Waals surface area contributed by atoms with Gasteiger partial charge in [-0.3, -0.25) is 4.98 Å². The second kappa shape index (κ2) is 7.81. The normalized spacial score (nSPS) is 18.9. The van der Waals surface area contributed by atoms with E-state index in [1.165, 1.54) is 17.3 Å². The van der Waals surface area contributed by atoms with Gasteiger partial charge in [-0.15, -0.1) is 0 Å². The molecular formula is C22H29N5O. The number of hydrogen-bond acceptors (Lipinski definition) is 5. The van der Waals surface area contributed by atoms with Crippen molar-refractivity contribution in [3.8, 4) is 0 Å². The van der Waals surface area contributed by atoms with Crippen LogP contribution in [0.1, 0.15) is 31.7 Å². The number of rotatable bonds is 4. The van der Waals surface area contributed by atoms with Crippen LogP contribution in [-0.2, 0) is 11.3 Å². The molecule has 6 nitrogen and oxygen atoms in total. The minimum atomic E-state index is 0.605. The highest BCUT2D eigenvalue weighted by Gasteiger charge is 2.19. The predicted molar refractivity (Wildman–Crippen MR) is 114 cm³/mol. The van der Waals surface area contributed by atoms with Gasteiger partial charge < -0.3 is 20.0 Å². The van der Waals surface area contributed by atoms with Gasteiger partial charge in [0.1, 0.15) is 0 Å². The van der Waals surface area contributed by atoms with Gasteiger partial charge in [0.2, 0.25) is 0 Å². The van der Waals surface area contributed by atoms with Crippen LogP contribution in [0.2, 0.25) is 0 Å². The topological polar surface area (TPSA) is 82.3 Å². The molecule has 0 saturated carbocycles. The van der Waals surface area contributed by atoms with E-state index in [0.29, 0.717) is 11.6 Å². The Morgan fingerprint density at radius 2 is 2.07 bits per heavy atom. The molecule has 1 atom stereocenters. The number of nitrogens with zero attached hydrogens (tertiary/aromatic N) is 3. The average molecular weight is 380 g/mol. The molecule has 6 heteroatoms. The molecule has 28 heavy (non-hydrogen) atoms. The molecule has 3 heterocycles. The van der Waals surface area contributed by atoms with Crippen molar-refractivity contribution in [3.63, 3.8) is 0 Å². The maximum atomic E-state index is 6.10. The Kier molecular flexibility index (Phi) is 5.24. The van der Waals surface area contributed by atoms with Crippen LogP contribution in [0, 0.1) is 5.92 Å². The molecule has 0 radical (unpaired) electrons. The first-order valence-electron chi connectivity index (χ1n) is 9.96. The fraction of sp³-hybridized carbons (Fsp3) is 0.409. The summed E-state index contributed by atoms with van der Waals surface area (Å²) < 4.78 is 8.07. The van der Waals surface area contributed by atoms with Crippen molar-refractivity contribution in [2.45, 2.75) is 32.7 Å². The number of nitrogens with two attached hydrogens (primary N) is 2. The summed E-state index contributed by atoms with van der Waals surface area (Å²) >= 11 is 0. The second-order valence-corrected chi connectivity index (χ2v) is 7.77. The van der Waals surface area contributed by atoms with Gasteiger partial charge in [0.25, 0.3) is 0 Å². The Hall–Kier alpha value is -2.57. The molecule has 0 spiro atoms. The van der Waals surface area contributed by atoms with Gasteiger partial charge in [0, 0.05) is 49.6 Å². The number of pyridine rings is 1. The predicted octanol–water partition coefficient (Wildman–Crippen LogP) is 3.46. The smallest absolute Gasteiger partial charge is 0.0960 e. The molecular weight excluding hydrogens is 350 g/mol. The van der Waals surface area contributed by atoms with Gasteiger partial charge in [0.15, 0.2) is 0 Å². The molecule has 1 fully saturated rings. The highest BCUT2D eigenvalue weighted by Crippen LogP contribution is 2.32. The van der Waals surface area contributed by atoms with Crippen molar-refractivity contribution in [1.82, 2.24) is 14.6 Å². The lowest BCUT2D eigenvalue weighted by atomic mass is 10.0. The lowest BCUT2D eigenvalue weighted by Crippen LogP contribution is -2.26. The molecule has 1 aliphatic rings. The fourth-order valence-electron chi connectivity index (χ4n) is 4.35. The zero-order valence-electron chi connectivity index (χ0n) is 16.7. The second-order valence-electron chi connectivity index (χ2n) is 7.77. The third-order valence-electron chi connectivity index (χ3n) is 5.62. The molecule has 1 unspecified atom stereocenters. The molecule has 0 amide bonds.